The van der Waals surface area contributed by atoms with Gasteiger partial charge in [0.15, 0.2) is 11.9 Å². The van der Waals surface area contributed by atoms with Gasteiger partial charge in [-0.2, -0.15) is 0 Å². The Bertz CT molecular complexity index is 620. The largest absolute Gasteiger partial charge is 0.481 e. The topological polar surface area (TPSA) is 55.4 Å². The molecule has 108 valence electrons. The quantitative estimate of drug-likeness (QED) is 0.857. The lowest BCUT2D eigenvalue weighted by Crippen LogP contribution is -2.30. The molecule has 2 aromatic carbocycles. The molecule has 0 aliphatic carbocycles. The van der Waals surface area contributed by atoms with Gasteiger partial charge < -0.3 is 10.1 Å². The standard InChI is InChI=1S/C17H17NO3/c1-12(19)14-8-10-15(11-9-14)18-17(20)13(2)21-16-6-4-3-5-7-16/h3-11,13H,1-2H3,(H,18,20)/t13-/m1/s1. The highest BCUT2D eigenvalue weighted by Gasteiger charge is 2.14. The second kappa shape index (κ2) is 6.70. The van der Waals surface area contributed by atoms with Gasteiger partial charge in [-0.05, 0) is 50.2 Å². The third-order valence-corrected chi connectivity index (χ3v) is 2.98. The number of benzene rings is 2. The summed E-state index contributed by atoms with van der Waals surface area (Å²) in [7, 11) is 0. The van der Waals surface area contributed by atoms with Crippen molar-refractivity contribution in [1.29, 1.82) is 0 Å². The zero-order chi connectivity index (χ0) is 15.2. The monoisotopic (exact) mass is 283 g/mol. The average Bonchev–Trinajstić information content (AvgIpc) is 2.48. The average molecular weight is 283 g/mol. The Morgan fingerprint density at radius 3 is 2.19 bits per heavy atom. The number of ketones is 1. The molecule has 4 nitrogen and oxygen atoms in total. The molecule has 1 N–H and O–H groups in total. The van der Waals surface area contributed by atoms with E-state index in [4.69, 9.17) is 4.74 Å². The molecule has 2 aromatic rings. The summed E-state index contributed by atoms with van der Waals surface area (Å²) in [5.41, 5.74) is 1.25. The van der Waals surface area contributed by atoms with Crippen LogP contribution in [0, 0.1) is 0 Å². The highest BCUT2D eigenvalue weighted by molar-refractivity contribution is 5.96. The van der Waals surface area contributed by atoms with Crippen LogP contribution in [0.3, 0.4) is 0 Å². The van der Waals surface area contributed by atoms with Gasteiger partial charge in [0.2, 0.25) is 0 Å². The fraction of sp³-hybridized carbons (Fsp3) is 0.176. The number of para-hydroxylation sites is 1. The molecule has 4 heteroatoms. The van der Waals surface area contributed by atoms with Crippen LogP contribution >= 0.6 is 0 Å². The minimum Gasteiger partial charge on any atom is -0.481 e. The van der Waals surface area contributed by atoms with Crippen LogP contribution in [0.4, 0.5) is 5.69 Å². The van der Waals surface area contributed by atoms with E-state index in [1.165, 1.54) is 6.92 Å². The summed E-state index contributed by atoms with van der Waals surface area (Å²) >= 11 is 0. The lowest BCUT2D eigenvalue weighted by molar-refractivity contribution is -0.122. The molecule has 2 rings (SSSR count). The predicted octanol–water partition coefficient (Wildman–Crippen LogP) is 3.30. The van der Waals surface area contributed by atoms with Crippen LogP contribution in [0.25, 0.3) is 0 Å². The number of ether oxygens (including phenoxy) is 1. The zero-order valence-electron chi connectivity index (χ0n) is 12.0. The fourth-order valence-corrected chi connectivity index (χ4v) is 1.79. The van der Waals surface area contributed by atoms with Gasteiger partial charge in [-0.25, -0.2) is 0 Å². The van der Waals surface area contributed by atoms with Gasteiger partial charge in [-0.3, -0.25) is 9.59 Å². The number of carbonyl (C=O) groups excluding carboxylic acids is 2. The lowest BCUT2D eigenvalue weighted by Gasteiger charge is -2.14. The number of amides is 1. The minimum absolute atomic E-state index is 0.00587. The Morgan fingerprint density at radius 2 is 1.62 bits per heavy atom. The molecule has 0 aliphatic rings. The van der Waals surface area contributed by atoms with E-state index in [1.54, 1.807) is 43.3 Å². The van der Waals surface area contributed by atoms with Crippen LogP contribution in [-0.4, -0.2) is 17.8 Å². The smallest absolute Gasteiger partial charge is 0.265 e. The first-order chi connectivity index (χ1) is 10.1. The second-order valence-corrected chi connectivity index (χ2v) is 4.70. The Morgan fingerprint density at radius 1 is 1.00 bits per heavy atom. The van der Waals surface area contributed by atoms with Crippen molar-refractivity contribution in [2.45, 2.75) is 20.0 Å². The number of anilines is 1. The number of rotatable bonds is 5. The Hall–Kier alpha value is -2.62. The SMILES string of the molecule is CC(=O)c1ccc(NC(=O)[C@@H](C)Oc2ccccc2)cc1. The maximum atomic E-state index is 12.0. The fourth-order valence-electron chi connectivity index (χ4n) is 1.79. The van der Waals surface area contributed by atoms with E-state index >= 15 is 0 Å². The lowest BCUT2D eigenvalue weighted by atomic mass is 10.1. The van der Waals surface area contributed by atoms with Crippen LogP contribution in [0.1, 0.15) is 24.2 Å². The molecule has 0 fully saturated rings. The van der Waals surface area contributed by atoms with Gasteiger partial charge in [0.1, 0.15) is 5.75 Å². The summed E-state index contributed by atoms with van der Waals surface area (Å²) in [4.78, 5) is 23.2. The molecule has 0 aromatic heterocycles. The third kappa shape index (κ3) is 4.18. The van der Waals surface area contributed by atoms with Crippen molar-refractivity contribution in [1.82, 2.24) is 0 Å². The highest BCUT2D eigenvalue weighted by Crippen LogP contribution is 2.13. The van der Waals surface area contributed by atoms with E-state index in [9.17, 15) is 9.59 Å². The van der Waals surface area contributed by atoms with Crippen molar-refractivity contribution in [3.05, 3.63) is 60.2 Å². The van der Waals surface area contributed by atoms with Crippen LogP contribution in [-0.2, 0) is 4.79 Å². The normalized spacial score (nSPS) is 11.5. The van der Waals surface area contributed by atoms with E-state index in [1.807, 2.05) is 18.2 Å². The molecule has 0 aliphatic heterocycles. The van der Waals surface area contributed by atoms with Gasteiger partial charge in [-0.15, -0.1) is 0 Å². The molecule has 0 heterocycles. The van der Waals surface area contributed by atoms with Gasteiger partial charge in [0.05, 0.1) is 0 Å². The van der Waals surface area contributed by atoms with Gasteiger partial charge >= 0.3 is 0 Å². The summed E-state index contributed by atoms with van der Waals surface area (Å²) in [5.74, 6) is 0.398. The van der Waals surface area contributed by atoms with Gasteiger partial charge in [0.25, 0.3) is 5.91 Å². The molecular formula is C17H17NO3. The number of hydrogen-bond acceptors (Lipinski definition) is 3. The molecule has 0 bridgehead atoms. The number of carbonyl (C=O) groups is 2. The van der Waals surface area contributed by atoms with E-state index < -0.39 is 6.10 Å². The van der Waals surface area contributed by atoms with Gasteiger partial charge in [-0.1, -0.05) is 18.2 Å². The summed E-state index contributed by atoms with van der Waals surface area (Å²) in [6.07, 6.45) is -0.611. The third-order valence-electron chi connectivity index (χ3n) is 2.98. The van der Waals surface area contributed by atoms with Crippen LogP contribution in [0.15, 0.2) is 54.6 Å². The number of hydrogen-bond donors (Lipinski definition) is 1. The van der Waals surface area contributed by atoms with Crippen LogP contribution < -0.4 is 10.1 Å². The molecular weight excluding hydrogens is 266 g/mol. The summed E-state index contributed by atoms with van der Waals surface area (Å²) < 4.78 is 5.54. The minimum atomic E-state index is -0.611. The summed E-state index contributed by atoms with van der Waals surface area (Å²) in [6.45, 7) is 3.19. The van der Waals surface area contributed by atoms with Crippen LogP contribution in [0.2, 0.25) is 0 Å². The second-order valence-electron chi connectivity index (χ2n) is 4.70. The molecule has 0 unspecified atom stereocenters. The van der Waals surface area contributed by atoms with Crippen molar-refractivity contribution in [2.24, 2.45) is 0 Å². The van der Waals surface area contributed by atoms with Crippen molar-refractivity contribution < 1.29 is 14.3 Å². The highest BCUT2D eigenvalue weighted by atomic mass is 16.5. The first-order valence-corrected chi connectivity index (χ1v) is 6.70. The van der Waals surface area contributed by atoms with E-state index in [0.717, 1.165) is 0 Å². The molecule has 1 atom stereocenters. The molecule has 0 radical (unpaired) electrons. The van der Waals surface area contributed by atoms with Crippen molar-refractivity contribution >= 4 is 17.4 Å². The Balaban J connectivity index is 1.95. The maximum absolute atomic E-state index is 12.0. The van der Waals surface area contributed by atoms with Gasteiger partial charge in [0, 0.05) is 11.3 Å². The van der Waals surface area contributed by atoms with Crippen molar-refractivity contribution in [3.8, 4) is 5.75 Å². The first-order valence-electron chi connectivity index (χ1n) is 6.70. The first kappa shape index (κ1) is 14.8. The molecule has 1 amide bonds. The predicted molar refractivity (Wildman–Crippen MR) is 81.6 cm³/mol. The Kier molecular flexibility index (Phi) is 4.72. The van der Waals surface area contributed by atoms with Crippen molar-refractivity contribution in [2.75, 3.05) is 5.32 Å². The number of Topliss-reactive ketones (excluding diaryl/α,β-unsaturated/α-hetero) is 1. The molecule has 0 saturated carbocycles. The molecule has 0 saturated heterocycles. The van der Waals surface area contributed by atoms with E-state index in [-0.39, 0.29) is 11.7 Å². The zero-order valence-corrected chi connectivity index (χ0v) is 12.0. The van der Waals surface area contributed by atoms with Crippen LogP contribution in [0.5, 0.6) is 5.75 Å². The van der Waals surface area contributed by atoms with Crippen molar-refractivity contribution in [3.63, 3.8) is 0 Å². The van der Waals surface area contributed by atoms with E-state index in [0.29, 0.717) is 17.0 Å². The number of nitrogens with one attached hydrogen (secondary N) is 1. The molecule has 21 heavy (non-hydrogen) atoms. The summed E-state index contributed by atoms with van der Waals surface area (Å²) in [6, 6.07) is 15.9. The Labute approximate surface area is 123 Å². The van der Waals surface area contributed by atoms with E-state index in [2.05, 4.69) is 5.32 Å². The summed E-state index contributed by atoms with van der Waals surface area (Å²) in [5, 5.41) is 2.75. The maximum Gasteiger partial charge on any atom is 0.265 e. The molecule has 0 spiro atoms.